The van der Waals surface area contributed by atoms with Crippen molar-refractivity contribution < 1.29 is 14.4 Å². The topological polar surface area (TPSA) is 92.5 Å². The summed E-state index contributed by atoms with van der Waals surface area (Å²) in [5.41, 5.74) is 6.02. The van der Waals surface area contributed by atoms with Crippen molar-refractivity contribution in [2.75, 3.05) is 13.1 Å². The van der Waals surface area contributed by atoms with E-state index in [0.717, 1.165) is 25.7 Å². The van der Waals surface area contributed by atoms with Gasteiger partial charge in [-0.05, 0) is 18.4 Å². The normalized spacial score (nSPS) is 17.0. The van der Waals surface area contributed by atoms with Crippen molar-refractivity contribution in [3.8, 4) is 0 Å². The molecule has 0 aromatic heterocycles. The average Bonchev–Trinajstić information content (AvgIpc) is 2.53. The van der Waals surface area contributed by atoms with E-state index in [1.54, 1.807) is 29.2 Å². The Morgan fingerprint density at radius 2 is 1.83 bits per heavy atom. The van der Waals surface area contributed by atoms with Crippen LogP contribution in [-0.2, 0) is 14.4 Å². The van der Waals surface area contributed by atoms with E-state index in [4.69, 9.17) is 5.73 Å². The van der Waals surface area contributed by atoms with Crippen molar-refractivity contribution in [2.45, 2.75) is 38.1 Å². The molecular formula is C17H23N3O3. The van der Waals surface area contributed by atoms with Gasteiger partial charge in [0.15, 0.2) is 0 Å². The number of carbonyl (C=O) groups excluding carboxylic acids is 3. The molecule has 1 atom stereocenters. The van der Waals surface area contributed by atoms with Crippen molar-refractivity contribution >= 4 is 17.7 Å². The molecular weight excluding hydrogens is 294 g/mol. The number of hydrogen-bond acceptors (Lipinski definition) is 3. The van der Waals surface area contributed by atoms with E-state index in [9.17, 15) is 14.4 Å². The summed E-state index contributed by atoms with van der Waals surface area (Å²) in [6.07, 6.45) is 4.37. The van der Waals surface area contributed by atoms with Crippen LogP contribution in [-0.4, -0.2) is 35.7 Å². The van der Waals surface area contributed by atoms with Gasteiger partial charge in [-0.2, -0.15) is 0 Å². The lowest BCUT2D eigenvalue weighted by Crippen LogP contribution is -2.45. The molecule has 3 amide bonds. The molecule has 124 valence electrons. The van der Waals surface area contributed by atoms with Crippen LogP contribution in [0.4, 0.5) is 0 Å². The minimum atomic E-state index is -0.881. The summed E-state index contributed by atoms with van der Waals surface area (Å²) in [5.74, 6) is -0.995. The molecule has 1 aliphatic heterocycles. The lowest BCUT2D eigenvalue weighted by molar-refractivity contribution is -0.137. The summed E-state index contributed by atoms with van der Waals surface area (Å²) in [6, 6.07) is 7.96. The fourth-order valence-electron chi connectivity index (χ4n) is 2.73. The smallest absolute Gasteiger partial charge is 0.244 e. The molecule has 3 N–H and O–H groups in total. The number of rotatable bonds is 5. The summed E-state index contributed by atoms with van der Waals surface area (Å²) in [4.78, 5) is 37.5. The van der Waals surface area contributed by atoms with Crippen LogP contribution in [0.2, 0.25) is 0 Å². The fourth-order valence-corrected chi connectivity index (χ4v) is 2.73. The van der Waals surface area contributed by atoms with Gasteiger partial charge in [-0.25, -0.2) is 0 Å². The van der Waals surface area contributed by atoms with Gasteiger partial charge < -0.3 is 16.0 Å². The number of amides is 3. The maximum atomic E-state index is 12.2. The van der Waals surface area contributed by atoms with Gasteiger partial charge in [0.05, 0.1) is 6.54 Å². The van der Waals surface area contributed by atoms with Crippen molar-refractivity contribution in [2.24, 2.45) is 5.73 Å². The number of benzene rings is 1. The summed E-state index contributed by atoms with van der Waals surface area (Å²) in [7, 11) is 0. The minimum Gasteiger partial charge on any atom is -0.368 e. The number of carbonyl (C=O) groups is 3. The van der Waals surface area contributed by atoms with Crippen LogP contribution >= 0.6 is 0 Å². The van der Waals surface area contributed by atoms with E-state index < -0.39 is 11.9 Å². The van der Waals surface area contributed by atoms with E-state index in [-0.39, 0.29) is 18.4 Å². The van der Waals surface area contributed by atoms with E-state index in [2.05, 4.69) is 5.32 Å². The highest BCUT2D eigenvalue weighted by Gasteiger charge is 2.23. The quantitative estimate of drug-likeness (QED) is 0.852. The zero-order valence-electron chi connectivity index (χ0n) is 13.2. The number of nitrogens with two attached hydrogens (primary N) is 1. The fraction of sp³-hybridized carbons (Fsp3) is 0.471. The molecule has 0 bridgehead atoms. The summed E-state index contributed by atoms with van der Waals surface area (Å²) >= 11 is 0. The summed E-state index contributed by atoms with van der Waals surface area (Å²) in [5, 5.41) is 2.63. The molecule has 0 spiro atoms. The zero-order chi connectivity index (χ0) is 16.7. The van der Waals surface area contributed by atoms with Gasteiger partial charge in [-0.1, -0.05) is 43.2 Å². The standard InChI is InChI=1S/C17H23N3O3/c18-17(23)16(13-8-4-3-5-9-13)19-14(21)12-20-11-7-2-1-6-10-15(20)22/h3-5,8-9,16H,1-2,6-7,10-12H2,(H2,18,23)(H,19,21)/t16-/m1/s1. The molecule has 23 heavy (non-hydrogen) atoms. The molecule has 2 rings (SSSR count). The highest BCUT2D eigenvalue weighted by molar-refractivity contribution is 5.90. The van der Waals surface area contributed by atoms with Crippen LogP contribution in [0, 0.1) is 0 Å². The molecule has 1 aromatic carbocycles. The molecule has 1 aromatic rings. The van der Waals surface area contributed by atoms with Crippen molar-refractivity contribution in [3.63, 3.8) is 0 Å². The Bertz CT molecular complexity index is 559. The van der Waals surface area contributed by atoms with Crippen molar-refractivity contribution in [1.29, 1.82) is 0 Å². The second-order valence-corrected chi connectivity index (χ2v) is 5.79. The van der Waals surface area contributed by atoms with E-state index in [1.165, 1.54) is 0 Å². The van der Waals surface area contributed by atoms with Gasteiger partial charge in [0.25, 0.3) is 0 Å². The Labute approximate surface area is 136 Å². The van der Waals surface area contributed by atoms with Crippen LogP contribution in [0.3, 0.4) is 0 Å². The first kappa shape index (κ1) is 17.0. The lowest BCUT2D eigenvalue weighted by atomic mass is 10.1. The molecule has 1 saturated heterocycles. The lowest BCUT2D eigenvalue weighted by Gasteiger charge is -2.25. The van der Waals surface area contributed by atoms with Gasteiger partial charge in [-0.15, -0.1) is 0 Å². The Kier molecular flexibility index (Phi) is 6.14. The van der Waals surface area contributed by atoms with Crippen LogP contribution in [0.5, 0.6) is 0 Å². The zero-order valence-corrected chi connectivity index (χ0v) is 13.2. The molecule has 1 aliphatic rings. The molecule has 0 unspecified atom stereocenters. The second kappa shape index (κ2) is 8.31. The Morgan fingerprint density at radius 1 is 1.13 bits per heavy atom. The van der Waals surface area contributed by atoms with Gasteiger partial charge in [-0.3, -0.25) is 14.4 Å². The monoisotopic (exact) mass is 317 g/mol. The summed E-state index contributed by atoms with van der Waals surface area (Å²) < 4.78 is 0. The molecule has 0 saturated carbocycles. The Balaban J connectivity index is 1.98. The molecule has 0 radical (unpaired) electrons. The number of hydrogen-bond donors (Lipinski definition) is 2. The third kappa shape index (κ3) is 5.09. The summed E-state index contributed by atoms with van der Waals surface area (Å²) in [6.45, 7) is 0.550. The molecule has 1 heterocycles. The molecule has 1 fully saturated rings. The van der Waals surface area contributed by atoms with Gasteiger partial charge in [0.1, 0.15) is 6.04 Å². The third-order valence-corrected chi connectivity index (χ3v) is 3.98. The maximum Gasteiger partial charge on any atom is 0.244 e. The van der Waals surface area contributed by atoms with Crippen LogP contribution < -0.4 is 11.1 Å². The van der Waals surface area contributed by atoms with Crippen LogP contribution in [0.25, 0.3) is 0 Å². The number of primary amides is 1. The first-order chi connectivity index (χ1) is 11.1. The van der Waals surface area contributed by atoms with Crippen molar-refractivity contribution in [3.05, 3.63) is 35.9 Å². The van der Waals surface area contributed by atoms with E-state index in [0.29, 0.717) is 18.5 Å². The van der Waals surface area contributed by atoms with Crippen LogP contribution in [0.1, 0.15) is 43.7 Å². The first-order valence-electron chi connectivity index (χ1n) is 7.99. The van der Waals surface area contributed by atoms with Crippen molar-refractivity contribution in [1.82, 2.24) is 10.2 Å². The number of nitrogens with one attached hydrogen (secondary N) is 1. The number of likely N-dealkylation sites (tertiary alicyclic amines) is 1. The molecule has 0 aliphatic carbocycles. The second-order valence-electron chi connectivity index (χ2n) is 5.79. The maximum absolute atomic E-state index is 12.2. The largest absolute Gasteiger partial charge is 0.368 e. The highest BCUT2D eigenvalue weighted by Crippen LogP contribution is 2.13. The predicted octanol–water partition coefficient (Wildman–Crippen LogP) is 1.12. The highest BCUT2D eigenvalue weighted by atomic mass is 16.2. The van der Waals surface area contributed by atoms with E-state index in [1.807, 2.05) is 6.07 Å². The Morgan fingerprint density at radius 3 is 2.52 bits per heavy atom. The third-order valence-electron chi connectivity index (χ3n) is 3.98. The van der Waals surface area contributed by atoms with Gasteiger partial charge in [0.2, 0.25) is 17.7 Å². The van der Waals surface area contributed by atoms with Crippen LogP contribution in [0.15, 0.2) is 30.3 Å². The SMILES string of the molecule is NC(=O)[C@H](NC(=O)CN1CCCCCCC1=O)c1ccccc1. The number of nitrogens with zero attached hydrogens (tertiary/aromatic N) is 1. The molecule has 6 heteroatoms. The Hall–Kier alpha value is -2.37. The molecule has 6 nitrogen and oxygen atoms in total. The van der Waals surface area contributed by atoms with E-state index >= 15 is 0 Å². The minimum absolute atomic E-state index is 0.00446. The van der Waals surface area contributed by atoms with Gasteiger partial charge in [0, 0.05) is 13.0 Å². The predicted molar refractivity (Wildman–Crippen MR) is 86.2 cm³/mol. The average molecular weight is 317 g/mol. The van der Waals surface area contributed by atoms with Gasteiger partial charge >= 0.3 is 0 Å². The first-order valence-corrected chi connectivity index (χ1v) is 7.99.